The molecule has 27 heavy (non-hydrogen) atoms. The fourth-order valence-corrected chi connectivity index (χ4v) is 4.34. The SMILES string of the molecule is CC(=O)Nc1cccc(O[C@H]2c3ccccc3C[C@@H]2N2CCCC(N)C2)c1. The Balaban J connectivity index is 1.60. The zero-order valence-electron chi connectivity index (χ0n) is 15.7. The number of carbonyl (C=O) groups excluding carboxylic acids is 1. The number of benzene rings is 2. The van der Waals surface area contributed by atoms with Gasteiger partial charge in [-0.2, -0.15) is 0 Å². The van der Waals surface area contributed by atoms with Crippen LogP contribution < -0.4 is 15.8 Å². The molecule has 5 heteroatoms. The molecule has 1 fully saturated rings. The van der Waals surface area contributed by atoms with E-state index in [1.165, 1.54) is 18.1 Å². The summed E-state index contributed by atoms with van der Waals surface area (Å²) in [6, 6.07) is 16.7. The normalized spacial score (nSPS) is 25.0. The summed E-state index contributed by atoms with van der Waals surface area (Å²) >= 11 is 0. The Labute approximate surface area is 160 Å². The van der Waals surface area contributed by atoms with Crippen molar-refractivity contribution in [3.8, 4) is 5.75 Å². The van der Waals surface area contributed by atoms with E-state index in [1.54, 1.807) is 0 Å². The lowest BCUT2D eigenvalue weighted by Crippen LogP contribution is -2.49. The van der Waals surface area contributed by atoms with E-state index < -0.39 is 0 Å². The van der Waals surface area contributed by atoms with Gasteiger partial charge in [-0.05, 0) is 49.1 Å². The van der Waals surface area contributed by atoms with Crippen LogP contribution in [-0.4, -0.2) is 36.0 Å². The van der Waals surface area contributed by atoms with E-state index in [-0.39, 0.29) is 24.1 Å². The van der Waals surface area contributed by atoms with E-state index in [4.69, 9.17) is 10.5 Å². The van der Waals surface area contributed by atoms with Crippen molar-refractivity contribution in [2.45, 2.75) is 44.4 Å². The molecule has 3 atom stereocenters. The highest BCUT2D eigenvalue weighted by Crippen LogP contribution is 2.39. The number of hydrogen-bond donors (Lipinski definition) is 2. The fraction of sp³-hybridized carbons (Fsp3) is 0.409. The van der Waals surface area contributed by atoms with Gasteiger partial charge in [0, 0.05) is 31.3 Å². The third kappa shape index (κ3) is 3.99. The topological polar surface area (TPSA) is 67.6 Å². The van der Waals surface area contributed by atoms with Gasteiger partial charge in [-0.25, -0.2) is 0 Å². The molecule has 0 aromatic heterocycles. The fourth-order valence-electron chi connectivity index (χ4n) is 4.34. The number of hydrogen-bond acceptors (Lipinski definition) is 4. The second-order valence-electron chi connectivity index (χ2n) is 7.61. The summed E-state index contributed by atoms with van der Waals surface area (Å²) in [7, 11) is 0. The van der Waals surface area contributed by atoms with Crippen LogP contribution in [0.15, 0.2) is 48.5 Å². The molecule has 2 aliphatic rings. The van der Waals surface area contributed by atoms with Crippen LogP contribution in [0.1, 0.15) is 37.0 Å². The van der Waals surface area contributed by atoms with E-state index >= 15 is 0 Å². The van der Waals surface area contributed by atoms with Crippen LogP contribution in [-0.2, 0) is 11.2 Å². The number of rotatable bonds is 4. The molecule has 2 aromatic rings. The summed E-state index contributed by atoms with van der Waals surface area (Å²) < 4.78 is 6.49. The number of ether oxygens (including phenoxy) is 1. The maximum absolute atomic E-state index is 11.4. The van der Waals surface area contributed by atoms with Gasteiger partial charge in [-0.1, -0.05) is 30.3 Å². The van der Waals surface area contributed by atoms with E-state index in [9.17, 15) is 4.79 Å². The number of nitrogens with one attached hydrogen (secondary N) is 1. The second-order valence-corrected chi connectivity index (χ2v) is 7.61. The Kier molecular flexibility index (Phi) is 5.14. The Morgan fingerprint density at radius 3 is 2.89 bits per heavy atom. The van der Waals surface area contributed by atoms with Gasteiger partial charge < -0.3 is 15.8 Å². The van der Waals surface area contributed by atoms with E-state index in [0.717, 1.165) is 43.8 Å². The van der Waals surface area contributed by atoms with Crippen LogP contribution in [0.3, 0.4) is 0 Å². The van der Waals surface area contributed by atoms with E-state index in [1.807, 2.05) is 24.3 Å². The van der Waals surface area contributed by atoms with Gasteiger partial charge >= 0.3 is 0 Å². The largest absolute Gasteiger partial charge is 0.484 e. The molecule has 3 N–H and O–H groups in total. The average molecular weight is 365 g/mol. The predicted molar refractivity (Wildman–Crippen MR) is 107 cm³/mol. The first-order valence-corrected chi connectivity index (χ1v) is 9.72. The van der Waals surface area contributed by atoms with Crippen molar-refractivity contribution in [1.29, 1.82) is 0 Å². The van der Waals surface area contributed by atoms with Crippen LogP contribution >= 0.6 is 0 Å². The molecule has 142 valence electrons. The van der Waals surface area contributed by atoms with Crippen molar-refractivity contribution >= 4 is 11.6 Å². The number of amides is 1. The number of nitrogens with two attached hydrogens (primary N) is 1. The number of piperidine rings is 1. The van der Waals surface area contributed by atoms with Crippen LogP contribution in [0.25, 0.3) is 0 Å². The highest BCUT2D eigenvalue weighted by Gasteiger charge is 2.39. The lowest BCUT2D eigenvalue weighted by Gasteiger charge is -2.38. The molecule has 0 radical (unpaired) electrons. The minimum atomic E-state index is -0.0847. The molecule has 1 saturated heterocycles. The monoisotopic (exact) mass is 365 g/mol. The minimum absolute atomic E-state index is 0.0286. The summed E-state index contributed by atoms with van der Waals surface area (Å²) in [6.07, 6.45) is 3.19. The van der Waals surface area contributed by atoms with Crippen LogP contribution in [0.2, 0.25) is 0 Å². The average Bonchev–Trinajstić information content (AvgIpc) is 3.00. The van der Waals surface area contributed by atoms with Crippen LogP contribution in [0.4, 0.5) is 5.69 Å². The van der Waals surface area contributed by atoms with E-state index in [2.05, 4.69) is 34.5 Å². The molecule has 0 saturated carbocycles. The molecule has 1 amide bonds. The van der Waals surface area contributed by atoms with Crippen molar-refractivity contribution in [2.24, 2.45) is 5.73 Å². The minimum Gasteiger partial charge on any atom is -0.484 e. The Morgan fingerprint density at radius 1 is 1.22 bits per heavy atom. The molecule has 2 aromatic carbocycles. The lowest BCUT2D eigenvalue weighted by atomic mass is 10.0. The molecular weight excluding hydrogens is 338 g/mol. The number of carbonyl (C=O) groups is 1. The Morgan fingerprint density at radius 2 is 2.07 bits per heavy atom. The maximum atomic E-state index is 11.4. The first-order valence-electron chi connectivity index (χ1n) is 9.72. The van der Waals surface area contributed by atoms with Crippen molar-refractivity contribution in [3.63, 3.8) is 0 Å². The summed E-state index contributed by atoms with van der Waals surface area (Å²) in [5.41, 5.74) is 9.60. The smallest absolute Gasteiger partial charge is 0.221 e. The van der Waals surface area contributed by atoms with Gasteiger partial charge in [0.15, 0.2) is 0 Å². The molecule has 5 nitrogen and oxygen atoms in total. The molecule has 1 heterocycles. The molecule has 1 aliphatic carbocycles. The number of anilines is 1. The second kappa shape index (κ2) is 7.71. The molecule has 0 bridgehead atoms. The standard InChI is InChI=1S/C22H27N3O2/c1-15(26)24-18-8-4-9-19(13-18)27-22-20-10-3-2-6-16(20)12-21(22)25-11-5-7-17(23)14-25/h2-4,6,8-10,13,17,21-22H,5,7,11-12,14,23H2,1H3,(H,24,26)/t17?,21-,22-/m0/s1. The molecule has 1 unspecified atom stereocenters. The number of likely N-dealkylation sites (tertiary alicyclic amines) is 1. The summed E-state index contributed by atoms with van der Waals surface area (Å²) in [6.45, 7) is 3.50. The Bertz CT molecular complexity index is 823. The molecular formula is C22H27N3O2. The van der Waals surface area contributed by atoms with Gasteiger partial charge in [0.2, 0.25) is 5.91 Å². The Hall–Kier alpha value is -2.37. The van der Waals surface area contributed by atoms with Gasteiger partial charge in [0.25, 0.3) is 0 Å². The highest BCUT2D eigenvalue weighted by atomic mass is 16.5. The molecule has 0 spiro atoms. The predicted octanol–water partition coefficient (Wildman–Crippen LogP) is 3.11. The lowest BCUT2D eigenvalue weighted by molar-refractivity contribution is -0.114. The van der Waals surface area contributed by atoms with Crippen LogP contribution in [0, 0.1) is 0 Å². The zero-order valence-corrected chi connectivity index (χ0v) is 15.7. The number of nitrogens with zero attached hydrogens (tertiary/aromatic N) is 1. The van der Waals surface area contributed by atoms with Crippen molar-refractivity contribution < 1.29 is 9.53 Å². The summed E-state index contributed by atoms with van der Waals surface area (Å²) in [4.78, 5) is 13.8. The van der Waals surface area contributed by atoms with Crippen molar-refractivity contribution in [2.75, 3.05) is 18.4 Å². The quantitative estimate of drug-likeness (QED) is 0.874. The van der Waals surface area contributed by atoms with Gasteiger partial charge in [0.1, 0.15) is 11.9 Å². The van der Waals surface area contributed by atoms with Crippen molar-refractivity contribution in [1.82, 2.24) is 4.90 Å². The van der Waals surface area contributed by atoms with Gasteiger partial charge in [-0.15, -0.1) is 0 Å². The molecule has 4 rings (SSSR count). The van der Waals surface area contributed by atoms with Gasteiger partial charge in [-0.3, -0.25) is 9.69 Å². The summed E-state index contributed by atoms with van der Waals surface area (Å²) in [5.74, 6) is 0.688. The maximum Gasteiger partial charge on any atom is 0.221 e. The molecule has 1 aliphatic heterocycles. The summed E-state index contributed by atoms with van der Waals surface area (Å²) in [5, 5.41) is 2.82. The van der Waals surface area contributed by atoms with E-state index in [0.29, 0.717) is 0 Å². The first-order chi connectivity index (χ1) is 13.1. The highest BCUT2D eigenvalue weighted by molar-refractivity contribution is 5.88. The van der Waals surface area contributed by atoms with Crippen molar-refractivity contribution in [3.05, 3.63) is 59.7 Å². The van der Waals surface area contributed by atoms with Crippen LogP contribution in [0.5, 0.6) is 5.75 Å². The first kappa shape index (κ1) is 18.0. The van der Waals surface area contributed by atoms with Gasteiger partial charge in [0.05, 0.1) is 6.04 Å². The number of fused-ring (bicyclic) bond motifs is 1. The third-order valence-corrected chi connectivity index (χ3v) is 5.52. The third-order valence-electron chi connectivity index (χ3n) is 5.52. The zero-order chi connectivity index (χ0) is 18.8.